The third kappa shape index (κ3) is 4.14. The van der Waals surface area contributed by atoms with E-state index in [-0.39, 0.29) is 29.8 Å². The number of aliphatic hydroxyl groups excluding tert-OH is 1. The maximum atomic E-state index is 13.0. The van der Waals surface area contributed by atoms with Gasteiger partial charge >= 0.3 is 0 Å². The van der Waals surface area contributed by atoms with Crippen molar-refractivity contribution in [3.05, 3.63) is 65.0 Å². The Labute approximate surface area is 158 Å². The van der Waals surface area contributed by atoms with Gasteiger partial charge in [0.15, 0.2) is 0 Å². The van der Waals surface area contributed by atoms with E-state index in [1.54, 1.807) is 12.1 Å². The fourth-order valence-electron chi connectivity index (χ4n) is 3.93. The Kier molecular flexibility index (Phi) is 5.12. The van der Waals surface area contributed by atoms with Crippen LogP contribution in [0.2, 0.25) is 0 Å². The molecule has 1 heterocycles. The average molecular weight is 369 g/mol. The van der Waals surface area contributed by atoms with Crippen LogP contribution in [0.1, 0.15) is 42.0 Å². The van der Waals surface area contributed by atoms with Crippen LogP contribution >= 0.6 is 0 Å². The fraction of sp³-hybridized carbons (Fsp3) is 0.409. The molecule has 2 aromatic rings. The molecule has 27 heavy (non-hydrogen) atoms. The maximum absolute atomic E-state index is 13.0. The number of hydrogen-bond acceptors (Lipinski definition) is 3. The lowest BCUT2D eigenvalue weighted by molar-refractivity contribution is -0.123. The van der Waals surface area contributed by atoms with Crippen LogP contribution in [0, 0.1) is 11.7 Å². The molecule has 142 valence electrons. The predicted molar refractivity (Wildman–Crippen MR) is 100.0 cm³/mol. The van der Waals surface area contributed by atoms with Gasteiger partial charge in [0, 0.05) is 12.8 Å². The molecule has 0 radical (unpaired) electrons. The molecule has 1 aliphatic carbocycles. The summed E-state index contributed by atoms with van der Waals surface area (Å²) in [7, 11) is 0. The van der Waals surface area contributed by atoms with E-state index in [0.29, 0.717) is 32.3 Å². The van der Waals surface area contributed by atoms with Gasteiger partial charge in [0.25, 0.3) is 0 Å². The number of fused-ring (bicyclic) bond motifs is 1. The first-order valence-electron chi connectivity index (χ1n) is 9.56. The maximum Gasteiger partial charge on any atom is 0.220 e. The molecule has 4 rings (SSSR count). The monoisotopic (exact) mass is 369 g/mol. The SMILES string of the molecule is O=C(CCc1ccc(F)cc1)N[C@H](c1ccc2c(c1)CCO2)C1CC(O)C1. The number of carbonyl (C=O) groups excluding carboxylic acids is 1. The van der Waals surface area contributed by atoms with Gasteiger partial charge in [0.05, 0.1) is 18.8 Å². The van der Waals surface area contributed by atoms with Crippen molar-refractivity contribution in [3.8, 4) is 5.75 Å². The van der Waals surface area contributed by atoms with Crippen LogP contribution in [0.4, 0.5) is 4.39 Å². The van der Waals surface area contributed by atoms with Crippen molar-refractivity contribution in [1.82, 2.24) is 5.32 Å². The first-order valence-corrected chi connectivity index (χ1v) is 9.56. The highest BCUT2D eigenvalue weighted by molar-refractivity contribution is 5.76. The highest BCUT2D eigenvalue weighted by Gasteiger charge is 2.36. The minimum Gasteiger partial charge on any atom is -0.493 e. The predicted octanol–water partition coefficient (Wildman–Crippen LogP) is 3.32. The van der Waals surface area contributed by atoms with Crippen LogP contribution in [-0.4, -0.2) is 23.7 Å². The highest BCUT2D eigenvalue weighted by Crippen LogP contribution is 2.39. The molecule has 1 amide bonds. The molecule has 0 spiro atoms. The van der Waals surface area contributed by atoms with Gasteiger partial charge in [-0.15, -0.1) is 0 Å². The number of aryl methyl sites for hydroxylation is 1. The second-order valence-corrected chi connectivity index (χ2v) is 7.52. The summed E-state index contributed by atoms with van der Waals surface area (Å²) in [5, 5.41) is 12.9. The Bertz CT molecular complexity index is 815. The highest BCUT2D eigenvalue weighted by atomic mass is 19.1. The topological polar surface area (TPSA) is 58.6 Å². The summed E-state index contributed by atoms with van der Waals surface area (Å²) in [4.78, 5) is 12.6. The number of ether oxygens (including phenoxy) is 1. The first-order chi connectivity index (χ1) is 13.1. The molecule has 0 aromatic heterocycles. The van der Waals surface area contributed by atoms with Crippen LogP contribution in [0.15, 0.2) is 42.5 Å². The Morgan fingerprint density at radius 1 is 1.22 bits per heavy atom. The lowest BCUT2D eigenvalue weighted by Gasteiger charge is -2.38. The standard InChI is InChI=1S/C22H24FNO3/c23-18-5-1-14(2-6-18)3-8-21(26)24-22(17-12-19(25)13-17)16-4-7-20-15(11-16)9-10-27-20/h1-2,4-7,11,17,19,22,25H,3,8-10,12-13H2,(H,24,26)/t17?,19?,22-/m1/s1. The molecule has 1 atom stereocenters. The summed E-state index contributed by atoms with van der Waals surface area (Å²) in [5.74, 6) is 0.874. The van der Waals surface area contributed by atoms with Crippen LogP contribution in [-0.2, 0) is 17.6 Å². The van der Waals surface area contributed by atoms with Crippen LogP contribution < -0.4 is 10.1 Å². The third-order valence-corrected chi connectivity index (χ3v) is 5.56. The summed E-state index contributed by atoms with van der Waals surface area (Å²) in [6, 6.07) is 12.3. The van der Waals surface area contributed by atoms with Crippen molar-refractivity contribution in [3.63, 3.8) is 0 Å². The van der Waals surface area contributed by atoms with Gasteiger partial charge in [-0.05, 0) is 66.1 Å². The molecule has 4 nitrogen and oxygen atoms in total. The summed E-state index contributed by atoms with van der Waals surface area (Å²) >= 11 is 0. The Morgan fingerprint density at radius 3 is 2.74 bits per heavy atom. The Hall–Kier alpha value is -2.40. The smallest absolute Gasteiger partial charge is 0.220 e. The van der Waals surface area contributed by atoms with Gasteiger partial charge in [0.2, 0.25) is 5.91 Å². The van der Waals surface area contributed by atoms with Crippen molar-refractivity contribution in [1.29, 1.82) is 0 Å². The molecule has 2 N–H and O–H groups in total. The van der Waals surface area contributed by atoms with Crippen molar-refractivity contribution >= 4 is 5.91 Å². The molecular weight excluding hydrogens is 345 g/mol. The molecule has 0 unspecified atom stereocenters. The molecule has 5 heteroatoms. The minimum atomic E-state index is -0.272. The zero-order chi connectivity index (χ0) is 18.8. The van der Waals surface area contributed by atoms with E-state index < -0.39 is 0 Å². The Balaban J connectivity index is 1.43. The zero-order valence-electron chi connectivity index (χ0n) is 15.2. The van der Waals surface area contributed by atoms with E-state index in [4.69, 9.17) is 4.74 Å². The van der Waals surface area contributed by atoms with Gasteiger partial charge < -0.3 is 15.2 Å². The lowest BCUT2D eigenvalue weighted by atomic mass is 9.74. The molecular formula is C22H24FNO3. The number of hydrogen-bond donors (Lipinski definition) is 2. The molecule has 2 aliphatic rings. The number of halogens is 1. The lowest BCUT2D eigenvalue weighted by Crippen LogP contribution is -2.41. The van der Waals surface area contributed by atoms with Crippen LogP contribution in [0.3, 0.4) is 0 Å². The molecule has 0 bridgehead atoms. The van der Waals surface area contributed by atoms with E-state index in [9.17, 15) is 14.3 Å². The largest absolute Gasteiger partial charge is 0.493 e. The van der Waals surface area contributed by atoms with Crippen molar-refractivity contribution in [2.45, 2.75) is 44.2 Å². The molecule has 1 saturated carbocycles. The number of amides is 1. The van der Waals surface area contributed by atoms with E-state index in [2.05, 4.69) is 11.4 Å². The number of rotatable bonds is 6. The van der Waals surface area contributed by atoms with E-state index in [0.717, 1.165) is 23.3 Å². The van der Waals surface area contributed by atoms with E-state index in [1.165, 1.54) is 17.7 Å². The zero-order valence-corrected chi connectivity index (χ0v) is 15.2. The summed E-state index contributed by atoms with van der Waals surface area (Å²) in [5.41, 5.74) is 3.20. The fourth-order valence-corrected chi connectivity index (χ4v) is 3.93. The third-order valence-electron chi connectivity index (χ3n) is 5.56. The molecule has 2 aromatic carbocycles. The summed E-state index contributed by atoms with van der Waals surface area (Å²) < 4.78 is 18.6. The molecule has 1 aliphatic heterocycles. The van der Waals surface area contributed by atoms with Gasteiger partial charge in [-0.3, -0.25) is 4.79 Å². The number of nitrogens with one attached hydrogen (secondary N) is 1. The van der Waals surface area contributed by atoms with Gasteiger partial charge in [-0.2, -0.15) is 0 Å². The number of aliphatic hydroxyl groups is 1. The van der Waals surface area contributed by atoms with Crippen LogP contribution in [0.5, 0.6) is 5.75 Å². The van der Waals surface area contributed by atoms with Crippen LogP contribution in [0.25, 0.3) is 0 Å². The van der Waals surface area contributed by atoms with E-state index in [1.807, 2.05) is 12.1 Å². The Morgan fingerprint density at radius 2 is 2.00 bits per heavy atom. The summed E-state index contributed by atoms with van der Waals surface area (Å²) in [6.07, 6.45) is 2.95. The normalized spacial score (nSPS) is 21.7. The van der Waals surface area contributed by atoms with Gasteiger partial charge in [-0.1, -0.05) is 18.2 Å². The average Bonchev–Trinajstić information content (AvgIpc) is 3.11. The van der Waals surface area contributed by atoms with Crippen molar-refractivity contribution in [2.24, 2.45) is 5.92 Å². The second kappa shape index (κ2) is 7.69. The number of carbonyl (C=O) groups is 1. The quantitative estimate of drug-likeness (QED) is 0.821. The number of benzene rings is 2. The second-order valence-electron chi connectivity index (χ2n) is 7.52. The van der Waals surface area contributed by atoms with Crippen molar-refractivity contribution in [2.75, 3.05) is 6.61 Å². The summed E-state index contributed by atoms with van der Waals surface area (Å²) in [6.45, 7) is 0.704. The van der Waals surface area contributed by atoms with Gasteiger partial charge in [-0.25, -0.2) is 4.39 Å². The minimum absolute atomic E-state index is 0.0255. The van der Waals surface area contributed by atoms with E-state index >= 15 is 0 Å². The molecule has 0 saturated heterocycles. The molecule has 1 fully saturated rings. The van der Waals surface area contributed by atoms with Crippen molar-refractivity contribution < 1.29 is 19.0 Å². The van der Waals surface area contributed by atoms with Gasteiger partial charge in [0.1, 0.15) is 11.6 Å². The first kappa shape index (κ1) is 18.0.